The van der Waals surface area contributed by atoms with Crippen molar-refractivity contribution in [2.45, 2.75) is 6.67 Å². The summed E-state index contributed by atoms with van der Waals surface area (Å²) in [6.45, 7) is 7.05. The number of aromatic nitrogens is 1. The Kier molecular flexibility index (Phi) is 5.21. The van der Waals surface area contributed by atoms with Gasteiger partial charge in [0.25, 0.3) is 5.56 Å². The highest BCUT2D eigenvalue weighted by Gasteiger charge is 2.21. The third-order valence-corrected chi connectivity index (χ3v) is 5.23. The van der Waals surface area contributed by atoms with E-state index in [4.69, 9.17) is 4.74 Å². The van der Waals surface area contributed by atoms with E-state index < -0.39 is 5.97 Å². The second kappa shape index (κ2) is 7.35. The number of esters is 1. The summed E-state index contributed by atoms with van der Waals surface area (Å²) in [6.07, 6.45) is 1.24. The van der Waals surface area contributed by atoms with Gasteiger partial charge in [-0.1, -0.05) is 11.3 Å². The first-order valence-electron chi connectivity index (χ1n) is 7.76. The lowest BCUT2D eigenvalue weighted by Gasteiger charge is -2.26. The van der Waals surface area contributed by atoms with Gasteiger partial charge in [0.15, 0.2) is 18.1 Å². The standard InChI is InChI=1S/C14H20N4O4S/c1-21-12(19)8-11-13(20)18-10-17(9-15-14(18)23-11)3-2-16-4-6-22-7-5-16/h8H,2-7,9-10H2,1H3/p+2/b11-8+. The molecule has 3 heterocycles. The number of methoxy groups -OCH3 is 1. The lowest BCUT2D eigenvalue weighted by atomic mass is 10.4. The van der Waals surface area contributed by atoms with Crippen LogP contribution >= 0.6 is 11.3 Å². The minimum absolute atomic E-state index is 0.157. The van der Waals surface area contributed by atoms with Crippen LogP contribution in [0, 0.1) is 0 Å². The summed E-state index contributed by atoms with van der Waals surface area (Å²) >= 11 is 1.25. The van der Waals surface area contributed by atoms with Gasteiger partial charge < -0.3 is 14.4 Å². The van der Waals surface area contributed by atoms with Gasteiger partial charge in [0, 0.05) is 6.08 Å². The van der Waals surface area contributed by atoms with Gasteiger partial charge >= 0.3 is 5.97 Å². The molecule has 1 fully saturated rings. The summed E-state index contributed by atoms with van der Waals surface area (Å²) in [5.74, 6) is -0.513. The summed E-state index contributed by atoms with van der Waals surface area (Å²) in [7, 11) is 1.30. The molecule has 2 aliphatic rings. The van der Waals surface area contributed by atoms with Crippen molar-refractivity contribution in [3.8, 4) is 0 Å². The molecule has 1 atom stereocenters. The Morgan fingerprint density at radius 1 is 1.39 bits per heavy atom. The van der Waals surface area contributed by atoms with Crippen molar-refractivity contribution >= 4 is 23.4 Å². The molecule has 9 heteroatoms. The molecule has 0 spiro atoms. The van der Waals surface area contributed by atoms with Crippen molar-refractivity contribution < 1.29 is 24.1 Å². The van der Waals surface area contributed by atoms with E-state index in [2.05, 4.69) is 9.73 Å². The first-order chi connectivity index (χ1) is 11.2. The minimum Gasteiger partial charge on any atom is -0.466 e. The average molecular weight is 342 g/mol. The average Bonchev–Trinajstić information content (AvgIpc) is 2.89. The first kappa shape index (κ1) is 16.3. The highest BCUT2D eigenvalue weighted by Crippen LogP contribution is 1.81. The van der Waals surface area contributed by atoms with Crippen LogP contribution in [0.15, 0.2) is 9.79 Å². The number of quaternary nitrogens is 2. The highest BCUT2D eigenvalue weighted by atomic mass is 32.1. The summed E-state index contributed by atoms with van der Waals surface area (Å²) in [4.78, 5) is 31.7. The van der Waals surface area contributed by atoms with Crippen molar-refractivity contribution in [2.24, 2.45) is 4.99 Å². The Morgan fingerprint density at radius 2 is 2.13 bits per heavy atom. The van der Waals surface area contributed by atoms with Crippen LogP contribution in [0.3, 0.4) is 0 Å². The Balaban J connectivity index is 1.67. The molecule has 0 radical (unpaired) electrons. The molecule has 1 aromatic heterocycles. The Morgan fingerprint density at radius 3 is 2.87 bits per heavy atom. The minimum atomic E-state index is -0.513. The molecule has 2 aliphatic heterocycles. The SMILES string of the molecule is COC(=O)/C=c1/sc2n(c1=O)C[NH+](CC[NH+]1CCOCC1)CN=2. The van der Waals surface area contributed by atoms with Crippen molar-refractivity contribution in [3.63, 3.8) is 0 Å². The smallest absolute Gasteiger partial charge is 0.332 e. The maximum atomic E-state index is 12.4. The quantitative estimate of drug-likeness (QED) is 0.539. The van der Waals surface area contributed by atoms with Gasteiger partial charge in [0.05, 0.1) is 20.3 Å². The van der Waals surface area contributed by atoms with Crippen molar-refractivity contribution in [3.05, 3.63) is 19.7 Å². The van der Waals surface area contributed by atoms with Crippen LogP contribution in [0.5, 0.6) is 0 Å². The lowest BCUT2D eigenvalue weighted by molar-refractivity contribution is -0.973. The second-order valence-corrected chi connectivity index (χ2v) is 6.75. The van der Waals surface area contributed by atoms with Gasteiger partial charge in [-0.3, -0.25) is 9.69 Å². The molecule has 0 amide bonds. The van der Waals surface area contributed by atoms with Crippen LogP contribution < -0.4 is 24.7 Å². The number of hydrogen-bond acceptors (Lipinski definition) is 6. The van der Waals surface area contributed by atoms with E-state index in [9.17, 15) is 9.59 Å². The van der Waals surface area contributed by atoms with E-state index in [0.717, 1.165) is 39.4 Å². The maximum absolute atomic E-state index is 12.4. The van der Waals surface area contributed by atoms with Crippen LogP contribution in [0.4, 0.5) is 0 Å². The first-order valence-corrected chi connectivity index (χ1v) is 8.57. The molecular weight excluding hydrogens is 320 g/mol. The summed E-state index contributed by atoms with van der Waals surface area (Å²) in [5.41, 5.74) is -0.157. The van der Waals surface area contributed by atoms with E-state index in [-0.39, 0.29) is 5.56 Å². The topological polar surface area (TPSA) is 78.8 Å². The Bertz CT molecular complexity index is 735. The fraction of sp³-hybridized carbons (Fsp3) is 0.643. The van der Waals surface area contributed by atoms with Gasteiger partial charge in [0.1, 0.15) is 30.7 Å². The third kappa shape index (κ3) is 3.86. The van der Waals surface area contributed by atoms with E-state index in [1.165, 1.54) is 29.4 Å². The maximum Gasteiger partial charge on any atom is 0.332 e. The van der Waals surface area contributed by atoms with Gasteiger partial charge in [0.2, 0.25) is 0 Å². The van der Waals surface area contributed by atoms with E-state index >= 15 is 0 Å². The number of ether oxygens (including phenoxy) is 2. The normalized spacial score (nSPS) is 22.5. The second-order valence-electron chi connectivity index (χ2n) is 5.74. The number of carbonyl (C=O) groups excluding carboxylic acids is 1. The zero-order valence-corrected chi connectivity index (χ0v) is 14.0. The number of morpholine rings is 1. The zero-order valence-electron chi connectivity index (χ0n) is 13.2. The number of rotatable bonds is 4. The Hall–Kier alpha value is -1.55. The van der Waals surface area contributed by atoms with Gasteiger partial charge in [-0.25, -0.2) is 14.4 Å². The van der Waals surface area contributed by atoms with E-state index in [1.54, 1.807) is 9.47 Å². The number of carbonyl (C=O) groups is 1. The molecule has 1 unspecified atom stereocenters. The van der Waals surface area contributed by atoms with Crippen LogP contribution in [-0.4, -0.2) is 63.7 Å². The number of nitrogens with one attached hydrogen (secondary N) is 2. The van der Waals surface area contributed by atoms with Gasteiger partial charge in [-0.2, -0.15) is 0 Å². The molecule has 1 aromatic rings. The predicted octanol–water partition coefficient (Wildman–Crippen LogP) is -4.79. The molecule has 23 heavy (non-hydrogen) atoms. The van der Waals surface area contributed by atoms with Gasteiger partial charge in [-0.05, 0) is 0 Å². The third-order valence-electron chi connectivity index (χ3n) is 4.19. The fourth-order valence-electron chi connectivity index (χ4n) is 2.81. The van der Waals surface area contributed by atoms with Crippen LogP contribution in [0.25, 0.3) is 6.08 Å². The predicted molar refractivity (Wildman–Crippen MR) is 82.9 cm³/mol. The number of thiazole rings is 1. The number of hydrogen-bond donors (Lipinski definition) is 2. The molecule has 8 nitrogen and oxygen atoms in total. The fourth-order valence-corrected chi connectivity index (χ4v) is 3.74. The Labute approximate surface area is 137 Å². The summed E-state index contributed by atoms with van der Waals surface area (Å²) < 4.78 is 12.0. The van der Waals surface area contributed by atoms with Crippen LogP contribution in [-0.2, 0) is 20.9 Å². The number of nitrogens with zero attached hydrogens (tertiary/aromatic N) is 2. The summed E-state index contributed by atoms with van der Waals surface area (Å²) in [6, 6.07) is 0. The molecule has 1 saturated heterocycles. The van der Waals surface area contributed by atoms with Crippen molar-refractivity contribution in [2.75, 3.05) is 53.2 Å². The lowest BCUT2D eigenvalue weighted by Crippen LogP contribution is -3.21. The van der Waals surface area contributed by atoms with E-state index in [0.29, 0.717) is 22.7 Å². The van der Waals surface area contributed by atoms with Crippen molar-refractivity contribution in [1.82, 2.24) is 4.57 Å². The molecule has 126 valence electrons. The van der Waals surface area contributed by atoms with Crippen molar-refractivity contribution in [1.29, 1.82) is 0 Å². The highest BCUT2D eigenvalue weighted by molar-refractivity contribution is 7.07. The van der Waals surface area contributed by atoms with Gasteiger partial charge in [-0.15, -0.1) is 0 Å². The number of fused-ring (bicyclic) bond motifs is 1. The molecule has 0 aromatic carbocycles. The molecule has 2 N–H and O–H groups in total. The van der Waals surface area contributed by atoms with E-state index in [1.807, 2.05) is 0 Å². The molecule has 0 saturated carbocycles. The molecule has 0 bridgehead atoms. The largest absolute Gasteiger partial charge is 0.466 e. The summed E-state index contributed by atoms with van der Waals surface area (Å²) in [5, 5.41) is 0. The molecular formula is C14H22N4O4S+2. The zero-order chi connectivity index (χ0) is 16.2. The monoisotopic (exact) mass is 342 g/mol. The van der Waals surface area contributed by atoms with Crippen LogP contribution in [0.1, 0.15) is 0 Å². The van der Waals surface area contributed by atoms with Crippen LogP contribution in [0.2, 0.25) is 0 Å². The molecule has 3 rings (SSSR count). The molecule has 0 aliphatic carbocycles.